The first kappa shape index (κ1) is 91.0. The molecule has 0 aliphatic heterocycles. The first-order valence-corrected chi connectivity index (χ1v) is 40.9. The molecule has 0 radical (unpaired) electrons. The first-order valence-electron chi connectivity index (χ1n) is 37.9. The number of phosphoric acid groups is 2. The number of rotatable bonds is 72. The number of hydrogen-bond donors (Lipinski definition) is 3. The molecule has 0 bridgehead atoms. The second kappa shape index (κ2) is 68.5. The lowest BCUT2D eigenvalue weighted by Gasteiger charge is -2.21. The molecular weight excluding hydrogens is 1230 g/mol. The van der Waals surface area contributed by atoms with E-state index in [1.54, 1.807) is 0 Å². The lowest BCUT2D eigenvalue weighted by molar-refractivity contribution is -0.161. The van der Waals surface area contributed by atoms with Crippen molar-refractivity contribution >= 4 is 39.5 Å². The number of ether oxygens (including phenoxy) is 4. The van der Waals surface area contributed by atoms with Crippen molar-refractivity contribution in [1.82, 2.24) is 0 Å². The normalized spacial score (nSPS) is 14.2. The molecule has 0 amide bonds. The highest BCUT2D eigenvalue weighted by Crippen LogP contribution is 2.45. The maximum absolute atomic E-state index is 13.1. The molecule has 5 atom stereocenters. The second-order valence-corrected chi connectivity index (χ2v) is 28.5. The van der Waals surface area contributed by atoms with E-state index < -0.39 is 97.5 Å². The summed E-state index contributed by atoms with van der Waals surface area (Å²) < 4.78 is 68.4. The van der Waals surface area contributed by atoms with Gasteiger partial charge in [-0.05, 0) is 128 Å². The average Bonchev–Trinajstić information content (AvgIpc) is 2.26. The van der Waals surface area contributed by atoms with Crippen LogP contribution in [0.2, 0.25) is 0 Å². The van der Waals surface area contributed by atoms with Crippen LogP contribution < -0.4 is 0 Å². The SMILES string of the molecule is CCCCCC/C=C\CCCCCCCCCC(=O)O[C@H](COC(=O)CCCCCCC/C=C\CCCCCC)COP(=O)(O)OC[C@@H](O)COP(=O)(O)OC[C@@H](COC(=O)CCCCCCC/C=C\CCCCCC)OC(=O)CCCCCCC/C=C\CCCCCC. The highest BCUT2D eigenvalue weighted by atomic mass is 31.2. The highest BCUT2D eigenvalue weighted by molar-refractivity contribution is 7.47. The minimum Gasteiger partial charge on any atom is -0.462 e. The molecule has 17 nitrogen and oxygen atoms in total. The average molecular weight is 1370 g/mol. The standard InChI is InChI=1S/C75H138O17P2/c1-5-9-13-17-21-25-29-33-34-38-42-46-50-54-58-62-75(80)92-71(66-86-73(78)60-56-52-48-44-40-36-31-27-23-19-15-11-7-3)68-90-94(83,84)88-64-69(76)63-87-93(81,82)89-67-70(91-74(79)61-57-53-49-45-41-37-32-28-24-20-16-12-8-4)65-85-72(77)59-55-51-47-43-39-35-30-26-22-18-14-10-6-2/h25-32,69-71,76H,5-24,33-68H2,1-4H3,(H,81,82)(H,83,84)/b29-25-,30-26-,31-27-,32-28-/t69-,70+,71+/m0/s1. The van der Waals surface area contributed by atoms with Gasteiger partial charge in [0, 0.05) is 25.7 Å². The third-order valence-electron chi connectivity index (χ3n) is 16.2. The van der Waals surface area contributed by atoms with Crippen LogP contribution in [0.4, 0.5) is 0 Å². The van der Waals surface area contributed by atoms with Crippen molar-refractivity contribution in [3.05, 3.63) is 48.6 Å². The van der Waals surface area contributed by atoms with Crippen LogP contribution in [0.25, 0.3) is 0 Å². The monoisotopic (exact) mass is 1370 g/mol. The molecule has 0 saturated heterocycles. The number of unbranched alkanes of at least 4 members (excludes halogenated alkanes) is 38. The van der Waals surface area contributed by atoms with Gasteiger partial charge in [0.2, 0.25) is 0 Å². The van der Waals surface area contributed by atoms with E-state index in [-0.39, 0.29) is 25.7 Å². The van der Waals surface area contributed by atoms with Crippen molar-refractivity contribution in [2.45, 2.75) is 367 Å². The van der Waals surface area contributed by atoms with Crippen LogP contribution in [-0.4, -0.2) is 96.7 Å². The van der Waals surface area contributed by atoms with Gasteiger partial charge < -0.3 is 33.8 Å². The first-order chi connectivity index (χ1) is 45.7. The van der Waals surface area contributed by atoms with Gasteiger partial charge in [0.25, 0.3) is 0 Å². The molecule has 0 saturated carbocycles. The summed E-state index contributed by atoms with van der Waals surface area (Å²) in [5, 5.41) is 10.6. The number of phosphoric ester groups is 2. The summed E-state index contributed by atoms with van der Waals surface area (Å²) in [5.74, 6) is -2.18. The molecule has 0 heterocycles. The van der Waals surface area contributed by atoms with Crippen LogP contribution in [-0.2, 0) is 65.4 Å². The van der Waals surface area contributed by atoms with Crippen molar-refractivity contribution in [1.29, 1.82) is 0 Å². The molecule has 0 aliphatic rings. The Morgan fingerprint density at radius 2 is 0.489 bits per heavy atom. The largest absolute Gasteiger partial charge is 0.472 e. The Kier molecular flexibility index (Phi) is 66.4. The van der Waals surface area contributed by atoms with Crippen molar-refractivity contribution in [3.8, 4) is 0 Å². The van der Waals surface area contributed by atoms with E-state index in [2.05, 4.69) is 76.3 Å². The fraction of sp³-hybridized carbons (Fsp3) is 0.840. The van der Waals surface area contributed by atoms with Crippen molar-refractivity contribution < 1.29 is 80.2 Å². The fourth-order valence-electron chi connectivity index (χ4n) is 10.4. The summed E-state index contributed by atoms with van der Waals surface area (Å²) in [6.45, 7) is 4.83. The lowest BCUT2D eigenvalue weighted by atomic mass is 10.1. The van der Waals surface area contributed by atoms with Crippen molar-refractivity contribution in [2.75, 3.05) is 39.6 Å². The minimum atomic E-state index is -4.97. The molecule has 0 aromatic carbocycles. The van der Waals surface area contributed by atoms with Gasteiger partial charge in [0.05, 0.1) is 26.4 Å². The maximum Gasteiger partial charge on any atom is 0.472 e. The van der Waals surface area contributed by atoms with Crippen molar-refractivity contribution in [2.24, 2.45) is 0 Å². The van der Waals surface area contributed by atoms with Gasteiger partial charge in [-0.1, -0.05) is 243 Å². The zero-order valence-corrected chi connectivity index (χ0v) is 61.7. The molecule has 0 rings (SSSR count). The number of hydrogen-bond acceptors (Lipinski definition) is 15. The Hall–Kier alpha value is -2.98. The molecule has 2 unspecified atom stereocenters. The summed E-state index contributed by atoms with van der Waals surface area (Å²) in [7, 11) is -9.93. The summed E-state index contributed by atoms with van der Waals surface area (Å²) in [6.07, 6.45) is 63.8. The topological polar surface area (TPSA) is 237 Å². The van der Waals surface area contributed by atoms with Gasteiger partial charge >= 0.3 is 39.5 Å². The maximum atomic E-state index is 13.1. The van der Waals surface area contributed by atoms with E-state index >= 15 is 0 Å². The zero-order valence-electron chi connectivity index (χ0n) is 59.9. The quantitative estimate of drug-likeness (QED) is 0.0169. The third kappa shape index (κ3) is 67.6. The molecule has 94 heavy (non-hydrogen) atoms. The summed E-state index contributed by atoms with van der Waals surface area (Å²) >= 11 is 0. The molecular formula is C75H138O17P2. The fourth-order valence-corrected chi connectivity index (χ4v) is 12.0. The number of aliphatic hydroxyl groups excluding tert-OH is 1. The zero-order chi connectivity index (χ0) is 69.0. The van der Waals surface area contributed by atoms with E-state index in [1.807, 2.05) is 0 Å². The second-order valence-electron chi connectivity index (χ2n) is 25.6. The molecule has 19 heteroatoms. The van der Waals surface area contributed by atoms with Crippen molar-refractivity contribution in [3.63, 3.8) is 0 Å². The Bertz CT molecular complexity index is 1980. The van der Waals surface area contributed by atoms with Gasteiger partial charge in [-0.3, -0.25) is 37.3 Å². The Morgan fingerprint density at radius 3 is 0.734 bits per heavy atom. The van der Waals surface area contributed by atoms with E-state index in [4.69, 9.17) is 37.0 Å². The predicted molar refractivity (Wildman–Crippen MR) is 381 cm³/mol. The molecule has 0 aliphatic carbocycles. The molecule has 550 valence electrons. The van der Waals surface area contributed by atoms with Crippen LogP contribution in [0.3, 0.4) is 0 Å². The summed E-state index contributed by atoms with van der Waals surface area (Å²) in [4.78, 5) is 72.7. The van der Waals surface area contributed by atoms with Gasteiger partial charge in [-0.2, -0.15) is 0 Å². The highest BCUT2D eigenvalue weighted by Gasteiger charge is 2.30. The van der Waals surface area contributed by atoms with Crippen LogP contribution in [0.15, 0.2) is 48.6 Å². The Labute approximate surface area is 572 Å². The molecule has 0 spiro atoms. The van der Waals surface area contributed by atoms with Crippen LogP contribution in [0.5, 0.6) is 0 Å². The van der Waals surface area contributed by atoms with Gasteiger partial charge in [-0.15, -0.1) is 0 Å². The van der Waals surface area contributed by atoms with E-state index in [9.17, 15) is 43.2 Å². The molecule has 0 aromatic rings. The smallest absolute Gasteiger partial charge is 0.462 e. The van der Waals surface area contributed by atoms with Gasteiger partial charge in [0.15, 0.2) is 12.2 Å². The van der Waals surface area contributed by atoms with Gasteiger partial charge in [0.1, 0.15) is 19.3 Å². The van der Waals surface area contributed by atoms with E-state index in [0.717, 1.165) is 167 Å². The number of esters is 4. The van der Waals surface area contributed by atoms with Crippen LogP contribution in [0, 0.1) is 0 Å². The number of aliphatic hydroxyl groups is 1. The van der Waals surface area contributed by atoms with Gasteiger partial charge in [-0.25, -0.2) is 9.13 Å². The summed E-state index contributed by atoms with van der Waals surface area (Å²) in [6, 6.07) is 0. The minimum absolute atomic E-state index is 0.0879. The number of carbonyl (C=O) groups excluding carboxylic acids is 4. The van der Waals surface area contributed by atoms with E-state index in [0.29, 0.717) is 25.7 Å². The molecule has 0 fully saturated rings. The lowest BCUT2D eigenvalue weighted by Crippen LogP contribution is -2.30. The van der Waals surface area contributed by atoms with Crippen LogP contribution in [0.1, 0.15) is 349 Å². The van der Waals surface area contributed by atoms with Crippen LogP contribution >= 0.6 is 15.6 Å². The number of allylic oxidation sites excluding steroid dienone is 8. The third-order valence-corrected chi connectivity index (χ3v) is 18.1. The Morgan fingerprint density at radius 1 is 0.287 bits per heavy atom. The molecule has 0 aromatic heterocycles. The number of carbonyl (C=O) groups is 4. The summed E-state index contributed by atoms with van der Waals surface area (Å²) in [5.41, 5.74) is 0. The Balaban J connectivity index is 5.32. The molecule has 3 N–H and O–H groups in total. The predicted octanol–water partition coefficient (Wildman–Crippen LogP) is 21.3. The van der Waals surface area contributed by atoms with E-state index in [1.165, 1.54) is 103 Å².